The van der Waals surface area contributed by atoms with E-state index in [0.29, 0.717) is 32.5 Å². The molecule has 1 fully saturated rings. The Bertz CT molecular complexity index is 1380. The van der Waals surface area contributed by atoms with Crippen LogP contribution in [0.1, 0.15) is 62.6 Å². The molecule has 1 aromatic heterocycles. The zero-order chi connectivity index (χ0) is 27.8. The molecule has 2 aliphatic rings. The van der Waals surface area contributed by atoms with E-state index in [1.54, 1.807) is 13.8 Å². The SMILES string of the molecule is CCOC(=O)[C@H]1CC2(CCN(C(=O)[C@@H](Cc3c[nH]c4ccccc34)NC(=O)C(C)(C)N)CC2)c2ccccc21. The van der Waals surface area contributed by atoms with E-state index in [1.165, 1.54) is 5.56 Å². The Morgan fingerprint density at radius 2 is 1.82 bits per heavy atom. The Labute approximate surface area is 229 Å². The van der Waals surface area contributed by atoms with Crippen molar-refractivity contribution in [2.24, 2.45) is 5.73 Å². The molecule has 206 valence electrons. The minimum absolute atomic E-state index is 0.110. The number of ether oxygens (including phenoxy) is 1. The summed E-state index contributed by atoms with van der Waals surface area (Å²) in [5.41, 5.74) is 8.99. The Balaban J connectivity index is 1.35. The molecule has 2 atom stereocenters. The first-order valence-electron chi connectivity index (χ1n) is 13.8. The Morgan fingerprint density at radius 3 is 2.54 bits per heavy atom. The van der Waals surface area contributed by atoms with Gasteiger partial charge in [-0.1, -0.05) is 42.5 Å². The lowest BCUT2D eigenvalue weighted by molar-refractivity contribution is -0.145. The maximum Gasteiger partial charge on any atom is 0.313 e. The number of nitrogens with zero attached hydrogens (tertiary/aromatic N) is 1. The van der Waals surface area contributed by atoms with E-state index < -0.39 is 11.6 Å². The summed E-state index contributed by atoms with van der Waals surface area (Å²) in [6, 6.07) is 15.3. The highest BCUT2D eigenvalue weighted by atomic mass is 16.5. The van der Waals surface area contributed by atoms with Crippen molar-refractivity contribution in [3.8, 4) is 0 Å². The lowest BCUT2D eigenvalue weighted by atomic mass is 9.73. The maximum absolute atomic E-state index is 13.9. The van der Waals surface area contributed by atoms with Crippen LogP contribution in [0.4, 0.5) is 0 Å². The average Bonchev–Trinajstić information content (AvgIpc) is 3.47. The van der Waals surface area contributed by atoms with E-state index in [0.717, 1.165) is 34.9 Å². The number of esters is 1. The van der Waals surface area contributed by atoms with Crippen LogP contribution in [0.3, 0.4) is 0 Å². The lowest BCUT2D eigenvalue weighted by Crippen LogP contribution is -2.58. The van der Waals surface area contributed by atoms with Gasteiger partial charge >= 0.3 is 5.97 Å². The Kier molecular flexibility index (Phi) is 7.25. The van der Waals surface area contributed by atoms with Crippen LogP contribution < -0.4 is 11.1 Å². The zero-order valence-electron chi connectivity index (χ0n) is 23.0. The van der Waals surface area contributed by atoms with Crippen LogP contribution in [0.25, 0.3) is 10.9 Å². The summed E-state index contributed by atoms with van der Waals surface area (Å²) in [6.45, 7) is 6.56. The van der Waals surface area contributed by atoms with E-state index in [4.69, 9.17) is 10.5 Å². The summed E-state index contributed by atoms with van der Waals surface area (Å²) in [6.07, 6.45) is 4.47. The van der Waals surface area contributed by atoms with Gasteiger partial charge in [0.05, 0.1) is 18.1 Å². The molecule has 2 amide bonds. The molecule has 8 heteroatoms. The van der Waals surface area contributed by atoms with E-state index in [9.17, 15) is 14.4 Å². The zero-order valence-corrected chi connectivity index (χ0v) is 23.0. The molecule has 0 saturated carbocycles. The van der Waals surface area contributed by atoms with Crippen LogP contribution in [0, 0.1) is 0 Å². The van der Waals surface area contributed by atoms with Crippen molar-refractivity contribution in [2.45, 2.75) is 69.4 Å². The number of nitrogens with one attached hydrogen (secondary N) is 2. The fraction of sp³-hybridized carbons (Fsp3) is 0.452. The molecule has 8 nitrogen and oxygen atoms in total. The van der Waals surface area contributed by atoms with E-state index in [-0.39, 0.29) is 29.1 Å². The molecule has 0 unspecified atom stereocenters. The normalized spacial score (nSPS) is 19.1. The van der Waals surface area contributed by atoms with Gasteiger partial charge in [0.25, 0.3) is 0 Å². The number of hydrogen-bond acceptors (Lipinski definition) is 5. The molecule has 1 spiro atoms. The first-order valence-corrected chi connectivity index (χ1v) is 13.8. The first kappa shape index (κ1) is 26.9. The van der Waals surface area contributed by atoms with Crippen molar-refractivity contribution in [1.82, 2.24) is 15.2 Å². The van der Waals surface area contributed by atoms with Crippen molar-refractivity contribution in [2.75, 3.05) is 19.7 Å². The summed E-state index contributed by atoms with van der Waals surface area (Å²) < 4.78 is 5.40. The average molecular weight is 531 g/mol. The van der Waals surface area contributed by atoms with Gasteiger partial charge in [0, 0.05) is 42.0 Å². The number of rotatable bonds is 7. The minimum Gasteiger partial charge on any atom is -0.466 e. The Morgan fingerprint density at radius 1 is 1.13 bits per heavy atom. The van der Waals surface area contributed by atoms with Gasteiger partial charge in [-0.25, -0.2) is 0 Å². The highest BCUT2D eigenvalue weighted by Crippen LogP contribution is 2.52. The summed E-state index contributed by atoms with van der Waals surface area (Å²) >= 11 is 0. The number of likely N-dealkylation sites (tertiary alicyclic amines) is 1. The lowest BCUT2D eigenvalue weighted by Gasteiger charge is -2.41. The number of piperidine rings is 1. The highest BCUT2D eigenvalue weighted by Gasteiger charge is 2.48. The van der Waals surface area contributed by atoms with Crippen LogP contribution in [0.2, 0.25) is 0 Å². The van der Waals surface area contributed by atoms with Gasteiger partial charge < -0.3 is 25.7 Å². The number of H-pyrrole nitrogens is 1. The number of hydrogen-bond donors (Lipinski definition) is 3. The second kappa shape index (κ2) is 10.5. The molecule has 1 saturated heterocycles. The van der Waals surface area contributed by atoms with Gasteiger partial charge in [-0.3, -0.25) is 14.4 Å². The van der Waals surface area contributed by atoms with Gasteiger partial charge in [-0.05, 0) is 62.8 Å². The van der Waals surface area contributed by atoms with Crippen molar-refractivity contribution < 1.29 is 19.1 Å². The molecule has 2 aromatic carbocycles. The first-order chi connectivity index (χ1) is 18.6. The molecule has 2 heterocycles. The van der Waals surface area contributed by atoms with E-state index in [1.807, 2.05) is 60.5 Å². The summed E-state index contributed by atoms with van der Waals surface area (Å²) in [7, 11) is 0. The number of amides is 2. The standard InChI is InChI=1S/C31H38N4O4/c1-4-39-28(37)23-18-31(24-11-7-5-10-22(23)24)13-15-35(16-14-31)27(36)26(34-29(38)30(2,3)32)17-20-19-33-25-12-8-6-9-21(20)25/h5-12,19,23,26,33H,4,13-18,32H2,1-3H3,(H,34,38)/t23-,26+/m0/s1. The number of aromatic amines is 1. The number of carbonyl (C=O) groups is 3. The van der Waals surface area contributed by atoms with Crippen molar-refractivity contribution >= 4 is 28.7 Å². The quantitative estimate of drug-likeness (QED) is 0.404. The van der Waals surface area contributed by atoms with Crippen LogP contribution in [-0.2, 0) is 31.0 Å². The van der Waals surface area contributed by atoms with Gasteiger partial charge in [0.2, 0.25) is 11.8 Å². The largest absolute Gasteiger partial charge is 0.466 e. The molecule has 4 N–H and O–H groups in total. The van der Waals surface area contributed by atoms with Gasteiger partial charge in [0.1, 0.15) is 6.04 Å². The topological polar surface area (TPSA) is 118 Å². The van der Waals surface area contributed by atoms with Crippen LogP contribution in [-0.4, -0.2) is 58.9 Å². The fourth-order valence-electron chi connectivity index (χ4n) is 6.26. The molecular weight excluding hydrogens is 492 g/mol. The van der Waals surface area contributed by atoms with E-state index in [2.05, 4.69) is 16.4 Å². The summed E-state index contributed by atoms with van der Waals surface area (Å²) in [4.78, 5) is 44.7. The molecule has 39 heavy (non-hydrogen) atoms. The molecular formula is C31H38N4O4. The second-order valence-electron chi connectivity index (χ2n) is 11.5. The van der Waals surface area contributed by atoms with Crippen LogP contribution in [0.5, 0.6) is 0 Å². The van der Waals surface area contributed by atoms with Crippen molar-refractivity contribution in [3.63, 3.8) is 0 Å². The van der Waals surface area contributed by atoms with Gasteiger partial charge in [-0.15, -0.1) is 0 Å². The van der Waals surface area contributed by atoms with Gasteiger partial charge in [-0.2, -0.15) is 0 Å². The fourth-order valence-corrected chi connectivity index (χ4v) is 6.26. The van der Waals surface area contributed by atoms with Gasteiger partial charge in [0.15, 0.2) is 0 Å². The highest BCUT2D eigenvalue weighted by molar-refractivity contribution is 5.92. The molecule has 0 radical (unpaired) electrons. The minimum atomic E-state index is -1.11. The predicted molar refractivity (Wildman–Crippen MR) is 150 cm³/mol. The monoisotopic (exact) mass is 530 g/mol. The number of benzene rings is 2. The molecule has 1 aliphatic carbocycles. The summed E-state index contributed by atoms with van der Waals surface area (Å²) in [5, 5.41) is 3.97. The van der Waals surface area contributed by atoms with Crippen LogP contribution >= 0.6 is 0 Å². The number of fused-ring (bicyclic) bond motifs is 3. The van der Waals surface area contributed by atoms with Crippen molar-refractivity contribution in [3.05, 3.63) is 71.4 Å². The second-order valence-corrected chi connectivity index (χ2v) is 11.5. The molecule has 5 rings (SSSR count). The van der Waals surface area contributed by atoms with Crippen molar-refractivity contribution in [1.29, 1.82) is 0 Å². The third-order valence-electron chi connectivity index (χ3n) is 8.39. The molecule has 1 aliphatic heterocycles. The summed E-state index contributed by atoms with van der Waals surface area (Å²) in [5.74, 6) is -0.924. The van der Waals surface area contributed by atoms with Crippen LogP contribution in [0.15, 0.2) is 54.7 Å². The molecule has 0 bridgehead atoms. The number of nitrogens with two attached hydrogens (primary N) is 1. The Hall–Kier alpha value is -3.65. The predicted octanol–water partition coefficient (Wildman–Crippen LogP) is 3.54. The number of carbonyl (C=O) groups excluding carboxylic acids is 3. The maximum atomic E-state index is 13.9. The molecule has 3 aromatic rings. The third-order valence-corrected chi connectivity index (χ3v) is 8.39. The number of para-hydroxylation sites is 1. The van der Waals surface area contributed by atoms with E-state index >= 15 is 0 Å². The smallest absolute Gasteiger partial charge is 0.313 e. The number of aromatic nitrogens is 1. The third kappa shape index (κ3) is 5.17.